The van der Waals surface area contributed by atoms with E-state index in [0.29, 0.717) is 12.8 Å². The van der Waals surface area contributed by atoms with Crippen LogP contribution in [-0.2, 0) is 9.05 Å². The molecule has 1 fully saturated rings. The SMILES string of the molecule is O=S(=O)(Cl)C1(CCO)CC1. The second-order valence-corrected chi connectivity index (χ2v) is 5.56. The number of halogens is 1. The summed E-state index contributed by atoms with van der Waals surface area (Å²) in [6.07, 6.45) is 1.47. The molecule has 1 N–H and O–H groups in total. The third-order valence-electron chi connectivity index (χ3n) is 1.89. The fourth-order valence-corrected chi connectivity index (χ4v) is 2.58. The average molecular weight is 185 g/mol. The van der Waals surface area contributed by atoms with Crippen molar-refractivity contribution in [3.05, 3.63) is 0 Å². The van der Waals surface area contributed by atoms with E-state index < -0.39 is 13.8 Å². The van der Waals surface area contributed by atoms with E-state index in [0.717, 1.165) is 0 Å². The van der Waals surface area contributed by atoms with Crippen molar-refractivity contribution in [1.82, 2.24) is 0 Å². The number of hydrogen-bond donors (Lipinski definition) is 1. The van der Waals surface area contributed by atoms with E-state index in [1.54, 1.807) is 0 Å². The molecule has 0 unspecified atom stereocenters. The van der Waals surface area contributed by atoms with Crippen LogP contribution in [0, 0.1) is 0 Å². The van der Waals surface area contributed by atoms with Crippen LogP contribution >= 0.6 is 10.7 Å². The lowest BCUT2D eigenvalue weighted by Crippen LogP contribution is -2.18. The quantitative estimate of drug-likeness (QED) is 0.649. The fraction of sp³-hybridized carbons (Fsp3) is 1.00. The molecule has 10 heavy (non-hydrogen) atoms. The van der Waals surface area contributed by atoms with Gasteiger partial charge in [0.05, 0.1) is 4.75 Å². The highest BCUT2D eigenvalue weighted by Gasteiger charge is 2.53. The number of hydrogen-bond acceptors (Lipinski definition) is 3. The van der Waals surface area contributed by atoms with E-state index in [2.05, 4.69) is 0 Å². The van der Waals surface area contributed by atoms with Gasteiger partial charge >= 0.3 is 0 Å². The lowest BCUT2D eigenvalue weighted by atomic mass is 10.3. The standard InChI is InChI=1S/C5H9ClO3S/c6-10(8,9)5(1-2-5)3-4-7/h7H,1-4H2. The largest absolute Gasteiger partial charge is 0.396 e. The van der Waals surface area contributed by atoms with Crippen LogP contribution in [-0.4, -0.2) is 24.9 Å². The molecule has 0 amide bonds. The van der Waals surface area contributed by atoms with E-state index in [1.807, 2.05) is 0 Å². The zero-order valence-corrected chi connectivity index (χ0v) is 6.95. The monoisotopic (exact) mass is 184 g/mol. The molecule has 0 aromatic carbocycles. The van der Waals surface area contributed by atoms with Crippen LogP contribution in [0.15, 0.2) is 0 Å². The summed E-state index contributed by atoms with van der Waals surface area (Å²) in [5.74, 6) is 0. The summed E-state index contributed by atoms with van der Waals surface area (Å²) in [5, 5.41) is 8.48. The Morgan fingerprint density at radius 2 is 2.00 bits per heavy atom. The van der Waals surface area contributed by atoms with E-state index in [-0.39, 0.29) is 13.0 Å². The summed E-state index contributed by atoms with van der Waals surface area (Å²) in [4.78, 5) is 0. The smallest absolute Gasteiger partial charge is 0.238 e. The summed E-state index contributed by atoms with van der Waals surface area (Å²) in [6.45, 7) is -0.105. The van der Waals surface area contributed by atoms with Gasteiger partial charge in [-0.25, -0.2) is 8.42 Å². The predicted molar refractivity (Wildman–Crippen MR) is 38.4 cm³/mol. The molecule has 0 radical (unpaired) electrons. The van der Waals surface area contributed by atoms with Crippen LogP contribution in [0.3, 0.4) is 0 Å². The first-order valence-electron chi connectivity index (χ1n) is 3.07. The van der Waals surface area contributed by atoms with Crippen molar-refractivity contribution < 1.29 is 13.5 Å². The molecule has 0 aliphatic heterocycles. The first kappa shape index (κ1) is 8.30. The summed E-state index contributed by atoms with van der Waals surface area (Å²) in [5.41, 5.74) is 0. The molecular weight excluding hydrogens is 176 g/mol. The molecule has 5 heteroatoms. The number of rotatable bonds is 3. The van der Waals surface area contributed by atoms with Crippen molar-refractivity contribution in [1.29, 1.82) is 0 Å². The highest BCUT2D eigenvalue weighted by molar-refractivity contribution is 8.15. The second-order valence-electron chi connectivity index (χ2n) is 2.59. The summed E-state index contributed by atoms with van der Waals surface area (Å²) in [6, 6.07) is 0. The summed E-state index contributed by atoms with van der Waals surface area (Å²) >= 11 is 0. The highest BCUT2D eigenvalue weighted by atomic mass is 35.7. The number of aliphatic hydroxyl groups is 1. The van der Waals surface area contributed by atoms with Crippen LogP contribution in [0.2, 0.25) is 0 Å². The Hall–Kier alpha value is 0.200. The average Bonchev–Trinajstić information content (AvgIpc) is 2.45. The minimum absolute atomic E-state index is 0.105. The number of aliphatic hydroxyl groups excluding tert-OH is 1. The van der Waals surface area contributed by atoms with Crippen LogP contribution in [0.25, 0.3) is 0 Å². The van der Waals surface area contributed by atoms with E-state index in [4.69, 9.17) is 15.8 Å². The van der Waals surface area contributed by atoms with Gasteiger partial charge < -0.3 is 5.11 Å². The summed E-state index contributed by atoms with van der Waals surface area (Å²) < 4.78 is 20.7. The van der Waals surface area contributed by atoms with Crippen LogP contribution in [0.1, 0.15) is 19.3 Å². The first-order chi connectivity index (χ1) is 4.52. The third kappa shape index (κ3) is 1.28. The van der Waals surface area contributed by atoms with Gasteiger partial charge in [-0.1, -0.05) is 0 Å². The van der Waals surface area contributed by atoms with E-state index in [1.165, 1.54) is 0 Å². The molecule has 0 heterocycles. The van der Waals surface area contributed by atoms with Crippen molar-refractivity contribution >= 4 is 19.7 Å². The highest BCUT2D eigenvalue weighted by Crippen LogP contribution is 2.48. The maximum absolute atomic E-state index is 10.8. The molecule has 1 aliphatic carbocycles. The van der Waals surface area contributed by atoms with Gasteiger partial charge in [-0.2, -0.15) is 0 Å². The molecule has 60 valence electrons. The summed E-state index contributed by atoms with van der Waals surface area (Å²) in [7, 11) is 1.69. The van der Waals surface area contributed by atoms with Gasteiger partial charge in [-0.3, -0.25) is 0 Å². The van der Waals surface area contributed by atoms with Crippen LogP contribution < -0.4 is 0 Å². The Morgan fingerprint density at radius 1 is 1.50 bits per heavy atom. The second kappa shape index (κ2) is 2.36. The maximum atomic E-state index is 10.8. The van der Waals surface area contributed by atoms with E-state index in [9.17, 15) is 8.42 Å². The van der Waals surface area contributed by atoms with Crippen LogP contribution in [0.4, 0.5) is 0 Å². The van der Waals surface area contributed by atoms with Crippen molar-refractivity contribution in [2.24, 2.45) is 0 Å². The lowest BCUT2D eigenvalue weighted by molar-refractivity contribution is 0.283. The van der Waals surface area contributed by atoms with Gasteiger partial charge in [0.1, 0.15) is 0 Å². The fourth-order valence-electron chi connectivity index (χ4n) is 0.959. The normalized spacial score (nSPS) is 22.6. The Bertz CT molecular complexity index is 217. The third-order valence-corrected chi connectivity index (χ3v) is 4.52. The molecule has 0 atom stereocenters. The lowest BCUT2D eigenvalue weighted by Gasteiger charge is -2.06. The van der Waals surface area contributed by atoms with Crippen LogP contribution in [0.5, 0.6) is 0 Å². The zero-order valence-electron chi connectivity index (χ0n) is 5.38. The predicted octanol–water partition coefficient (Wildman–Crippen LogP) is 0.470. The van der Waals surface area contributed by atoms with Gasteiger partial charge in [0.2, 0.25) is 9.05 Å². The molecule has 3 nitrogen and oxygen atoms in total. The minimum Gasteiger partial charge on any atom is -0.396 e. The topological polar surface area (TPSA) is 54.4 Å². The van der Waals surface area contributed by atoms with Gasteiger partial charge in [-0.15, -0.1) is 0 Å². The van der Waals surface area contributed by atoms with Crippen molar-refractivity contribution in [2.45, 2.75) is 24.0 Å². The van der Waals surface area contributed by atoms with E-state index >= 15 is 0 Å². The Morgan fingerprint density at radius 3 is 2.10 bits per heavy atom. The Balaban J connectivity index is 2.71. The molecule has 0 bridgehead atoms. The zero-order chi connectivity index (χ0) is 7.83. The molecule has 1 saturated carbocycles. The molecule has 1 aliphatic rings. The van der Waals surface area contributed by atoms with Crippen molar-refractivity contribution in [3.63, 3.8) is 0 Å². The molecule has 1 rings (SSSR count). The minimum atomic E-state index is -3.44. The maximum Gasteiger partial charge on any atom is 0.238 e. The van der Waals surface area contributed by atoms with Gasteiger partial charge in [-0.05, 0) is 19.3 Å². The van der Waals surface area contributed by atoms with Gasteiger partial charge in [0.25, 0.3) is 0 Å². The molecule has 0 saturated heterocycles. The Kier molecular flexibility index (Phi) is 1.96. The van der Waals surface area contributed by atoms with Crippen molar-refractivity contribution in [3.8, 4) is 0 Å². The first-order valence-corrected chi connectivity index (χ1v) is 5.38. The Labute approximate surface area is 64.4 Å². The van der Waals surface area contributed by atoms with Gasteiger partial charge in [0, 0.05) is 17.3 Å². The molecule has 0 spiro atoms. The molecule has 0 aromatic rings. The van der Waals surface area contributed by atoms with Crippen molar-refractivity contribution in [2.75, 3.05) is 6.61 Å². The van der Waals surface area contributed by atoms with Gasteiger partial charge in [0.15, 0.2) is 0 Å². The molecule has 0 aromatic heterocycles. The molecular formula is C5H9ClO3S.